The van der Waals surface area contributed by atoms with E-state index >= 15 is 0 Å². The van der Waals surface area contributed by atoms with Crippen molar-refractivity contribution in [3.63, 3.8) is 0 Å². The highest BCUT2D eigenvalue weighted by atomic mass is 35.5. The van der Waals surface area contributed by atoms with E-state index in [1.54, 1.807) is 18.2 Å². The van der Waals surface area contributed by atoms with E-state index in [1.807, 2.05) is 12.1 Å². The summed E-state index contributed by atoms with van der Waals surface area (Å²) in [7, 11) is 0. The molecule has 0 spiro atoms. The van der Waals surface area contributed by atoms with E-state index in [0.29, 0.717) is 5.56 Å². The van der Waals surface area contributed by atoms with Gasteiger partial charge in [-0.1, -0.05) is 59.1 Å². The van der Waals surface area contributed by atoms with Gasteiger partial charge in [0.1, 0.15) is 0 Å². The van der Waals surface area contributed by atoms with E-state index in [1.165, 1.54) is 0 Å². The van der Waals surface area contributed by atoms with Crippen LogP contribution in [0.3, 0.4) is 0 Å². The van der Waals surface area contributed by atoms with Crippen molar-refractivity contribution in [3.05, 3.63) is 40.4 Å². The van der Waals surface area contributed by atoms with Crippen LogP contribution in [0.1, 0.15) is 11.1 Å². The third kappa shape index (κ3) is 1.36. The lowest BCUT2D eigenvalue weighted by Crippen LogP contribution is -2.27. The van der Waals surface area contributed by atoms with Crippen LogP contribution in [0.25, 0.3) is 6.08 Å². The average Bonchev–Trinajstić information content (AvgIpc) is 2.15. The molecule has 0 atom stereocenters. The topological polar surface area (TPSA) is 17.1 Å². The van der Waals surface area contributed by atoms with Crippen LogP contribution in [0.4, 0.5) is 0 Å². The number of hydrogen-bond donors (Lipinski definition) is 0. The molecule has 14 heavy (non-hydrogen) atoms. The zero-order valence-corrected chi connectivity index (χ0v) is 9.20. The van der Waals surface area contributed by atoms with E-state index in [-0.39, 0.29) is 5.03 Å². The van der Waals surface area contributed by atoms with Gasteiger partial charge in [-0.3, -0.25) is 4.79 Å². The smallest absolute Gasteiger partial charge is 0.214 e. The fourth-order valence-corrected chi connectivity index (χ4v) is 2.29. The van der Waals surface area contributed by atoms with Gasteiger partial charge >= 0.3 is 0 Å². The predicted octanol–water partition coefficient (Wildman–Crippen LogP) is 3.48. The van der Waals surface area contributed by atoms with Crippen molar-refractivity contribution in [1.29, 1.82) is 0 Å². The number of halogens is 3. The van der Waals surface area contributed by atoms with Crippen molar-refractivity contribution >= 4 is 46.7 Å². The standard InChI is InChI=1S/C10H5Cl3O/c11-8-5-6-3-1-2-4-7(6)10(12,13)9(8)14/h1-5H. The van der Waals surface area contributed by atoms with E-state index in [2.05, 4.69) is 0 Å². The zero-order valence-electron chi connectivity index (χ0n) is 6.93. The molecular formula is C10H5Cl3O. The molecule has 0 amide bonds. The molecule has 1 aromatic rings. The summed E-state index contributed by atoms with van der Waals surface area (Å²) >= 11 is 17.6. The summed E-state index contributed by atoms with van der Waals surface area (Å²) in [6, 6.07) is 7.13. The zero-order chi connectivity index (χ0) is 10.3. The van der Waals surface area contributed by atoms with Gasteiger partial charge in [0.15, 0.2) is 0 Å². The van der Waals surface area contributed by atoms with Crippen LogP contribution in [0.15, 0.2) is 29.3 Å². The van der Waals surface area contributed by atoms with E-state index in [9.17, 15) is 4.79 Å². The highest BCUT2D eigenvalue weighted by Gasteiger charge is 2.41. The van der Waals surface area contributed by atoms with Crippen molar-refractivity contribution in [1.82, 2.24) is 0 Å². The van der Waals surface area contributed by atoms with Crippen LogP contribution in [0.5, 0.6) is 0 Å². The van der Waals surface area contributed by atoms with Crippen LogP contribution in [0.2, 0.25) is 0 Å². The Labute approximate surface area is 96.3 Å². The number of hydrogen-bond acceptors (Lipinski definition) is 1. The molecule has 1 aliphatic carbocycles. The average molecular weight is 248 g/mol. The Hall–Kier alpha value is -0.500. The van der Waals surface area contributed by atoms with Crippen LogP contribution >= 0.6 is 34.8 Å². The number of carbonyl (C=O) groups is 1. The lowest BCUT2D eigenvalue weighted by Gasteiger charge is -2.24. The molecular weight excluding hydrogens is 242 g/mol. The summed E-state index contributed by atoms with van der Waals surface area (Å²) in [4.78, 5) is 11.5. The highest BCUT2D eigenvalue weighted by molar-refractivity contribution is 6.64. The molecule has 2 rings (SSSR count). The summed E-state index contributed by atoms with van der Waals surface area (Å²) < 4.78 is -1.55. The Balaban J connectivity index is 2.72. The van der Waals surface area contributed by atoms with Gasteiger partial charge in [0.05, 0.1) is 5.03 Å². The van der Waals surface area contributed by atoms with Gasteiger partial charge in [0, 0.05) is 5.56 Å². The maximum Gasteiger partial charge on any atom is 0.214 e. The Kier molecular flexibility index (Phi) is 2.34. The maximum atomic E-state index is 11.5. The lowest BCUT2D eigenvalue weighted by atomic mass is 9.95. The second-order valence-corrected chi connectivity index (χ2v) is 4.72. The summed E-state index contributed by atoms with van der Waals surface area (Å²) in [5.74, 6) is -0.471. The summed E-state index contributed by atoms with van der Waals surface area (Å²) in [6.45, 7) is 0. The normalized spacial score (nSPS) is 18.8. The van der Waals surface area contributed by atoms with Crippen molar-refractivity contribution in [3.8, 4) is 0 Å². The summed E-state index contributed by atoms with van der Waals surface area (Å²) in [6.07, 6.45) is 1.57. The Bertz CT molecular complexity index is 435. The van der Waals surface area contributed by atoms with Crippen molar-refractivity contribution in [2.24, 2.45) is 0 Å². The number of carbonyl (C=O) groups excluding carboxylic acids is 1. The second-order valence-electron chi connectivity index (χ2n) is 2.98. The number of ketones is 1. The first kappa shape index (κ1) is 10.0. The van der Waals surface area contributed by atoms with Gasteiger partial charge in [0.2, 0.25) is 10.1 Å². The monoisotopic (exact) mass is 246 g/mol. The Morgan fingerprint density at radius 2 is 1.79 bits per heavy atom. The van der Waals surface area contributed by atoms with Gasteiger partial charge < -0.3 is 0 Å². The van der Waals surface area contributed by atoms with Gasteiger partial charge in [0.25, 0.3) is 0 Å². The summed E-state index contributed by atoms with van der Waals surface area (Å²) in [5, 5.41) is 0.0636. The van der Waals surface area contributed by atoms with E-state index in [4.69, 9.17) is 34.8 Å². The number of benzene rings is 1. The molecule has 0 N–H and O–H groups in total. The lowest BCUT2D eigenvalue weighted by molar-refractivity contribution is -0.115. The minimum absolute atomic E-state index is 0.0636. The first-order valence-corrected chi connectivity index (χ1v) is 5.06. The first-order valence-electron chi connectivity index (χ1n) is 3.93. The molecule has 0 radical (unpaired) electrons. The number of alkyl halides is 2. The van der Waals surface area contributed by atoms with Gasteiger partial charge in [-0.2, -0.15) is 0 Å². The fourth-order valence-electron chi connectivity index (χ4n) is 1.38. The SMILES string of the molecule is O=C1C(Cl)=Cc2ccccc2C1(Cl)Cl. The van der Waals surface area contributed by atoms with Crippen LogP contribution < -0.4 is 0 Å². The minimum Gasteiger partial charge on any atom is -0.289 e. The van der Waals surface area contributed by atoms with Gasteiger partial charge in [-0.05, 0) is 11.6 Å². The molecule has 72 valence electrons. The van der Waals surface area contributed by atoms with Crippen molar-refractivity contribution < 1.29 is 4.79 Å². The Morgan fingerprint density at radius 1 is 1.14 bits per heavy atom. The molecule has 0 aliphatic heterocycles. The number of fused-ring (bicyclic) bond motifs is 1. The molecule has 0 unspecified atom stereocenters. The third-order valence-electron chi connectivity index (χ3n) is 2.08. The van der Waals surface area contributed by atoms with E-state index in [0.717, 1.165) is 5.56 Å². The maximum absolute atomic E-state index is 11.5. The first-order chi connectivity index (χ1) is 6.53. The molecule has 0 aromatic heterocycles. The van der Waals surface area contributed by atoms with Crippen molar-refractivity contribution in [2.45, 2.75) is 4.33 Å². The molecule has 4 heteroatoms. The fraction of sp³-hybridized carbons (Fsp3) is 0.100. The second kappa shape index (κ2) is 3.27. The highest BCUT2D eigenvalue weighted by Crippen LogP contribution is 2.43. The predicted molar refractivity (Wildman–Crippen MR) is 58.7 cm³/mol. The minimum atomic E-state index is -1.55. The number of allylic oxidation sites excluding steroid dienone is 1. The molecule has 0 saturated heterocycles. The quantitative estimate of drug-likeness (QED) is 0.642. The summed E-state index contributed by atoms with van der Waals surface area (Å²) in [5.41, 5.74) is 1.36. The van der Waals surface area contributed by atoms with Crippen LogP contribution in [-0.4, -0.2) is 5.78 Å². The van der Waals surface area contributed by atoms with Gasteiger partial charge in [-0.15, -0.1) is 0 Å². The third-order valence-corrected chi connectivity index (χ3v) is 3.11. The molecule has 0 bridgehead atoms. The molecule has 0 fully saturated rings. The Morgan fingerprint density at radius 3 is 2.50 bits per heavy atom. The molecule has 0 heterocycles. The molecule has 0 saturated carbocycles. The van der Waals surface area contributed by atoms with E-state index < -0.39 is 10.1 Å². The number of Topliss-reactive ketones (excluding diaryl/α,β-unsaturated/α-hetero) is 1. The molecule has 1 aliphatic rings. The van der Waals surface area contributed by atoms with Gasteiger partial charge in [-0.25, -0.2) is 0 Å². The van der Waals surface area contributed by atoms with Crippen molar-refractivity contribution in [2.75, 3.05) is 0 Å². The molecule has 1 aromatic carbocycles. The van der Waals surface area contributed by atoms with Crippen LogP contribution in [0, 0.1) is 0 Å². The molecule has 1 nitrogen and oxygen atoms in total. The van der Waals surface area contributed by atoms with Crippen LogP contribution in [-0.2, 0) is 9.13 Å². The largest absolute Gasteiger partial charge is 0.289 e. The number of rotatable bonds is 0.